The molecule has 146 valence electrons. The minimum Gasteiger partial charge on any atom is -0.405 e. The summed E-state index contributed by atoms with van der Waals surface area (Å²) >= 11 is 0. The summed E-state index contributed by atoms with van der Waals surface area (Å²) in [6.45, 7) is 4.06. The Balaban J connectivity index is 1.74. The maximum atomic E-state index is 13.3. The van der Waals surface area contributed by atoms with Crippen molar-refractivity contribution in [1.29, 1.82) is 0 Å². The molecule has 0 saturated heterocycles. The highest BCUT2D eigenvalue weighted by molar-refractivity contribution is 6.23. The fraction of sp³-hybridized carbons (Fsp3) is 0.273. The van der Waals surface area contributed by atoms with Gasteiger partial charge in [-0.15, -0.1) is 0 Å². The third kappa shape index (κ3) is 2.50. The van der Waals surface area contributed by atoms with Crippen molar-refractivity contribution in [2.75, 3.05) is 0 Å². The van der Waals surface area contributed by atoms with Crippen molar-refractivity contribution >= 4 is 23.1 Å². The lowest BCUT2D eigenvalue weighted by Gasteiger charge is -2.38. The average Bonchev–Trinajstić information content (AvgIpc) is 3.24. The van der Waals surface area contributed by atoms with Gasteiger partial charge in [0, 0.05) is 34.4 Å². The largest absolute Gasteiger partial charge is 0.433 e. The number of benzene rings is 1. The van der Waals surface area contributed by atoms with E-state index in [1.807, 2.05) is 26.0 Å². The number of fused-ring (bicyclic) bond motifs is 2. The molecule has 1 aromatic heterocycles. The number of Topliss-reactive ketones (excluding diaryl/α,β-unsaturated/α-hetero) is 2. The molecule has 0 spiro atoms. The summed E-state index contributed by atoms with van der Waals surface area (Å²) in [6, 6.07) is 10.0. The molecular formula is C22H18N2O5. The second kappa shape index (κ2) is 5.76. The topological polar surface area (TPSA) is 102 Å². The number of nitro groups is 1. The molecule has 0 radical (unpaired) electrons. The monoisotopic (exact) mass is 390 g/mol. The Morgan fingerprint density at radius 3 is 2.48 bits per heavy atom. The van der Waals surface area contributed by atoms with E-state index in [9.17, 15) is 19.7 Å². The van der Waals surface area contributed by atoms with Gasteiger partial charge in [0.05, 0.1) is 17.7 Å². The number of hydrogen-bond acceptors (Lipinski definition) is 6. The predicted octanol–water partition coefficient (Wildman–Crippen LogP) is 4.13. The molecule has 0 amide bonds. The van der Waals surface area contributed by atoms with Crippen molar-refractivity contribution in [3.63, 3.8) is 0 Å². The highest BCUT2D eigenvalue weighted by Gasteiger charge is 2.47. The van der Waals surface area contributed by atoms with Crippen molar-refractivity contribution in [1.82, 2.24) is 5.32 Å². The summed E-state index contributed by atoms with van der Waals surface area (Å²) < 4.78 is 5.49. The van der Waals surface area contributed by atoms with E-state index in [4.69, 9.17) is 4.42 Å². The van der Waals surface area contributed by atoms with Gasteiger partial charge < -0.3 is 9.73 Å². The molecule has 1 aromatic carbocycles. The van der Waals surface area contributed by atoms with Crippen LogP contribution in [0.15, 0.2) is 57.7 Å². The van der Waals surface area contributed by atoms with Gasteiger partial charge in [-0.1, -0.05) is 38.1 Å². The molecule has 0 saturated carbocycles. The number of carbonyl (C=O) groups is 2. The van der Waals surface area contributed by atoms with Crippen molar-refractivity contribution < 1.29 is 18.9 Å². The fourth-order valence-electron chi connectivity index (χ4n) is 4.67. The van der Waals surface area contributed by atoms with E-state index in [2.05, 4.69) is 5.32 Å². The highest BCUT2D eigenvalue weighted by Crippen LogP contribution is 2.51. The van der Waals surface area contributed by atoms with Crippen LogP contribution in [0.5, 0.6) is 0 Å². The summed E-state index contributed by atoms with van der Waals surface area (Å²) in [5, 5.41) is 14.5. The second-order valence-electron chi connectivity index (χ2n) is 8.49. The molecule has 1 aliphatic heterocycles. The van der Waals surface area contributed by atoms with E-state index in [0.29, 0.717) is 35.2 Å². The van der Waals surface area contributed by atoms with Crippen molar-refractivity contribution in [2.24, 2.45) is 5.41 Å². The van der Waals surface area contributed by atoms with E-state index in [-0.39, 0.29) is 22.7 Å². The fourth-order valence-corrected chi connectivity index (χ4v) is 4.67. The van der Waals surface area contributed by atoms with Gasteiger partial charge in [0.25, 0.3) is 0 Å². The molecule has 0 fully saturated rings. The van der Waals surface area contributed by atoms with Crippen molar-refractivity contribution in [3.8, 4) is 0 Å². The van der Waals surface area contributed by atoms with Gasteiger partial charge in [-0.3, -0.25) is 19.7 Å². The summed E-state index contributed by atoms with van der Waals surface area (Å²) in [5.41, 5.74) is 3.44. The third-order valence-electron chi connectivity index (χ3n) is 5.81. The SMILES string of the molecule is CC1(C)CC(=O)C2=C(C1)NC1=C(C(=O)c3ccccc31)[C@H]2c1ccc([N+](=O)[O-])o1. The zero-order valence-corrected chi connectivity index (χ0v) is 15.9. The normalized spacial score (nSPS) is 22.2. The van der Waals surface area contributed by atoms with Crippen LogP contribution in [0.4, 0.5) is 5.88 Å². The van der Waals surface area contributed by atoms with Crippen LogP contribution in [0.25, 0.3) is 5.70 Å². The van der Waals surface area contributed by atoms with Crippen molar-refractivity contribution in [2.45, 2.75) is 32.6 Å². The number of hydrogen-bond donors (Lipinski definition) is 1. The third-order valence-corrected chi connectivity index (χ3v) is 5.81. The first kappa shape index (κ1) is 17.6. The van der Waals surface area contributed by atoms with Crippen LogP contribution >= 0.6 is 0 Å². The molecule has 0 bridgehead atoms. The van der Waals surface area contributed by atoms with Crippen LogP contribution in [0.1, 0.15) is 54.3 Å². The Morgan fingerprint density at radius 2 is 1.79 bits per heavy atom. The van der Waals surface area contributed by atoms with E-state index in [0.717, 1.165) is 11.3 Å². The van der Waals surface area contributed by atoms with Crippen LogP contribution in [0.2, 0.25) is 0 Å². The lowest BCUT2D eigenvalue weighted by Crippen LogP contribution is -2.37. The average molecular weight is 390 g/mol. The molecule has 1 N–H and O–H groups in total. The molecule has 2 heterocycles. The molecule has 0 unspecified atom stereocenters. The summed E-state index contributed by atoms with van der Waals surface area (Å²) in [6.07, 6.45) is 0.983. The standard InChI is InChI=1S/C22H18N2O5/c1-22(2)9-13-17(14(25)10-22)18(15-7-8-16(29-15)24(27)28)19-20(23-13)11-5-3-4-6-12(11)21(19)26/h3-8,18,23H,9-10H2,1-2H3/t18-/m0/s1. The Hall–Kier alpha value is -3.48. The second-order valence-corrected chi connectivity index (χ2v) is 8.49. The molecule has 2 aliphatic carbocycles. The van der Waals surface area contributed by atoms with E-state index < -0.39 is 16.7 Å². The van der Waals surface area contributed by atoms with Gasteiger partial charge in [0.2, 0.25) is 0 Å². The number of rotatable bonds is 2. The van der Waals surface area contributed by atoms with Crippen LogP contribution in [0, 0.1) is 15.5 Å². The number of dihydropyridines is 1. The zero-order chi connectivity index (χ0) is 20.5. The van der Waals surface area contributed by atoms with Crippen LogP contribution in [0.3, 0.4) is 0 Å². The van der Waals surface area contributed by atoms with E-state index in [1.54, 1.807) is 12.1 Å². The summed E-state index contributed by atoms with van der Waals surface area (Å²) in [7, 11) is 0. The molecule has 29 heavy (non-hydrogen) atoms. The van der Waals surface area contributed by atoms with E-state index >= 15 is 0 Å². The maximum Gasteiger partial charge on any atom is 0.433 e. The number of ketones is 2. The quantitative estimate of drug-likeness (QED) is 0.611. The van der Waals surface area contributed by atoms with E-state index in [1.165, 1.54) is 12.1 Å². The lowest BCUT2D eigenvalue weighted by atomic mass is 9.69. The lowest BCUT2D eigenvalue weighted by molar-refractivity contribution is -0.402. The smallest absolute Gasteiger partial charge is 0.405 e. The van der Waals surface area contributed by atoms with Gasteiger partial charge in [-0.05, 0) is 17.9 Å². The van der Waals surface area contributed by atoms with Gasteiger partial charge in [-0.25, -0.2) is 0 Å². The molecule has 2 aromatic rings. The first-order chi connectivity index (χ1) is 13.8. The van der Waals surface area contributed by atoms with Gasteiger partial charge in [-0.2, -0.15) is 0 Å². The minimum atomic E-state index is -0.751. The van der Waals surface area contributed by atoms with Crippen LogP contribution in [-0.2, 0) is 4.79 Å². The molecule has 7 nitrogen and oxygen atoms in total. The van der Waals surface area contributed by atoms with Gasteiger partial charge in [0.1, 0.15) is 10.7 Å². The number of nitrogens with one attached hydrogen (secondary N) is 1. The Kier molecular flexibility index (Phi) is 3.50. The van der Waals surface area contributed by atoms with Gasteiger partial charge in [0.15, 0.2) is 11.6 Å². The molecule has 3 aliphatic rings. The number of allylic oxidation sites excluding steroid dienone is 3. The zero-order valence-electron chi connectivity index (χ0n) is 15.9. The summed E-state index contributed by atoms with van der Waals surface area (Å²) in [4.78, 5) is 36.9. The first-order valence-corrected chi connectivity index (χ1v) is 9.42. The molecular weight excluding hydrogens is 372 g/mol. The van der Waals surface area contributed by atoms with Crippen LogP contribution in [-0.4, -0.2) is 16.5 Å². The first-order valence-electron chi connectivity index (χ1n) is 9.42. The predicted molar refractivity (Wildman–Crippen MR) is 104 cm³/mol. The maximum absolute atomic E-state index is 13.3. The Morgan fingerprint density at radius 1 is 1.07 bits per heavy atom. The van der Waals surface area contributed by atoms with Gasteiger partial charge >= 0.3 is 5.88 Å². The minimum absolute atomic E-state index is 0.0666. The Labute approximate surface area is 166 Å². The Bertz CT molecular complexity index is 1180. The molecule has 7 heteroatoms. The number of nitrogens with zero attached hydrogens (tertiary/aromatic N) is 1. The molecule has 5 rings (SSSR count). The van der Waals surface area contributed by atoms with Crippen LogP contribution < -0.4 is 5.32 Å². The summed E-state index contributed by atoms with van der Waals surface area (Å²) in [5.74, 6) is -1.17. The highest BCUT2D eigenvalue weighted by atomic mass is 16.6. The number of furan rings is 1. The van der Waals surface area contributed by atoms with Crippen molar-refractivity contribution in [3.05, 3.63) is 80.2 Å². The molecule has 1 atom stereocenters. The number of carbonyl (C=O) groups excluding carboxylic acids is 2.